The van der Waals surface area contributed by atoms with Crippen molar-refractivity contribution in [2.24, 2.45) is 0 Å². The third-order valence-corrected chi connectivity index (χ3v) is 4.92. The molecule has 2 aromatic carbocycles. The summed E-state index contributed by atoms with van der Waals surface area (Å²) in [7, 11) is 0. The Morgan fingerprint density at radius 3 is 2.70 bits per heavy atom. The highest BCUT2D eigenvalue weighted by Gasteiger charge is 2.22. The van der Waals surface area contributed by atoms with E-state index in [1.807, 2.05) is 67.8 Å². The predicted molar refractivity (Wildman–Crippen MR) is 109 cm³/mol. The summed E-state index contributed by atoms with van der Waals surface area (Å²) >= 11 is 1.52. The minimum Gasteiger partial charge on any atom is -0.337 e. The van der Waals surface area contributed by atoms with Crippen molar-refractivity contribution >= 4 is 34.1 Å². The number of carbonyl (C=O) groups is 1. The van der Waals surface area contributed by atoms with Crippen molar-refractivity contribution in [3.63, 3.8) is 0 Å². The molecule has 2 aromatic heterocycles. The Kier molecular flexibility index (Phi) is 4.37. The zero-order chi connectivity index (χ0) is 18.9. The summed E-state index contributed by atoms with van der Waals surface area (Å²) in [6, 6.07) is 15.2. The maximum absolute atomic E-state index is 12.5. The molecule has 3 N–H and O–H groups in total. The molecule has 27 heavy (non-hydrogen) atoms. The van der Waals surface area contributed by atoms with Crippen LogP contribution in [-0.2, 0) is 5.54 Å². The summed E-state index contributed by atoms with van der Waals surface area (Å²) in [4.78, 5) is 24.5. The number of H-pyrrole nitrogens is 1. The van der Waals surface area contributed by atoms with Gasteiger partial charge in [0.1, 0.15) is 5.69 Å². The molecule has 0 atom stereocenters. The number of thiazole rings is 1. The van der Waals surface area contributed by atoms with Crippen molar-refractivity contribution < 1.29 is 4.79 Å². The highest BCUT2D eigenvalue weighted by Crippen LogP contribution is 2.23. The maximum Gasteiger partial charge on any atom is 0.319 e. The van der Waals surface area contributed by atoms with Crippen LogP contribution in [0, 0.1) is 0 Å². The lowest BCUT2D eigenvalue weighted by molar-refractivity contribution is 0.242. The van der Waals surface area contributed by atoms with Crippen LogP contribution in [0.15, 0.2) is 59.4 Å². The second-order valence-electron chi connectivity index (χ2n) is 6.76. The Morgan fingerprint density at radius 1 is 1.15 bits per heavy atom. The summed E-state index contributed by atoms with van der Waals surface area (Å²) in [5.41, 5.74) is 5.49. The standard InChI is InChI=1S/C20H19N5OS/c1-20(2,13-6-4-3-5-7-13)25-19(26)22-14-8-9-15-16(10-14)24-18(23-15)17-11-27-12-21-17/h3-12H,1-2H3,(H,23,24)(H2,22,25,26). The number of urea groups is 1. The van der Waals surface area contributed by atoms with Gasteiger partial charge in [-0.15, -0.1) is 11.3 Å². The second-order valence-corrected chi connectivity index (χ2v) is 7.48. The van der Waals surface area contributed by atoms with Crippen LogP contribution in [0.25, 0.3) is 22.6 Å². The largest absolute Gasteiger partial charge is 0.337 e. The van der Waals surface area contributed by atoms with Crippen LogP contribution >= 0.6 is 11.3 Å². The molecule has 2 amide bonds. The molecule has 0 saturated carbocycles. The van der Waals surface area contributed by atoms with Gasteiger partial charge in [-0.1, -0.05) is 30.3 Å². The fourth-order valence-corrected chi connectivity index (χ4v) is 3.44. The minimum atomic E-state index is -0.487. The van der Waals surface area contributed by atoms with Gasteiger partial charge < -0.3 is 15.6 Å². The number of amides is 2. The average Bonchev–Trinajstić information content (AvgIpc) is 3.31. The van der Waals surface area contributed by atoms with Crippen LogP contribution in [0.2, 0.25) is 0 Å². The molecule has 7 heteroatoms. The number of carbonyl (C=O) groups excluding carboxylic acids is 1. The summed E-state index contributed by atoms with van der Waals surface area (Å²) in [5, 5.41) is 7.84. The van der Waals surface area contributed by atoms with Crippen LogP contribution in [0.1, 0.15) is 19.4 Å². The van der Waals surface area contributed by atoms with Gasteiger partial charge in [0, 0.05) is 11.1 Å². The monoisotopic (exact) mass is 377 g/mol. The van der Waals surface area contributed by atoms with Gasteiger partial charge in [0.2, 0.25) is 0 Å². The van der Waals surface area contributed by atoms with Gasteiger partial charge in [-0.25, -0.2) is 14.8 Å². The van der Waals surface area contributed by atoms with E-state index in [9.17, 15) is 4.79 Å². The van der Waals surface area contributed by atoms with Crippen molar-refractivity contribution in [3.05, 3.63) is 65.0 Å². The molecule has 0 aliphatic carbocycles. The quantitative estimate of drug-likeness (QED) is 0.480. The Hall–Kier alpha value is -3.19. The molecular formula is C20H19N5OS. The predicted octanol–water partition coefficient (Wildman–Crippen LogP) is 4.74. The molecule has 0 fully saturated rings. The van der Waals surface area contributed by atoms with Gasteiger partial charge >= 0.3 is 6.03 Å². The van der Waals surface area contributed by atoms with Crippen molar-refractivity contribution in [1.82, 2.24) is 20.3 Å². The molecule has 0 bridgehead atoms. The second kappa shape index (κ2) is 6.85. The Bertz CT molecular complexity index is 1070. The van der Waals surface area contributed by atoms with E-state index in [1.165, 1.54) is 11.3 Å². The first kappa shape index (κ1) is 17.2. The van der Waals surface area contributed by atoms with E-state index in [0.717, 1.165) is 28.1 Å². The summed E-state index contributed by atoms with van der Waals surface area (Å²) in [6.45, 7) is 3.94. The highest BCUT2D eigenvalue weighted by molar-refractivity contribution is 7.07. The van der Waals surface area contributed by atoms with Crippen LogP contribution in [-0.4, -0.2) is 21.0 Å². The molecule has 0 aliphatic rings. The first-order valence-corrected chi connectivity index (χ1v) is 9.48. The number of hydrogen-bond donors (Lipinski definition) is 3. The third-order valence-electron chi connectivity index (χ3n) is 4.34. The van der Waals surface area contributed by atoms with Crippen LogP contribution < -0.4 is 10.6 Å². The Morgan fingerprint density at radius 2 is 1.96 bits per heavy atom. The fraction of sp³-hybridized carbons (Fsp3) is 0.150. The molecule has 0 unspecified atom stereocenters. The first-order valence-electron chi connectivity index (χ1n) is 8.54. The summed E-state index contributed by atoms with van der Waals surface area (Å²) in [6.07, 6.45) is 0. The number of hydrogen-bond acceptors (Lipinski definition) is 4. The molecule has 2 heterocycles. The minimum absolute atomic E-state index is 0.265. The van der Waals surface area contributed by atoms with Crippen LogP contribution in [0.5, 0.6) is 0 Å². The van der Waals surface area contributed by atoms with Crippen molar-refractivity contribution in [2.45, 2.75) is 19.4 Å². The fourth-order valence-electron chi connectivity index (χ4n) is 2.91. The normalized spacial score (nSPS) is 11.5. The SMILES string of the molecule is CC(C)(NC(=O)Nc1ccc2[nH]c(-c3cscn3)nc2c1)c1ccccc1. The number of fused-ring (bicyclic) bond motifs is 1. The lowest BCUT2D eigenvalue weighted by Gasteiger charge is -2.27. The topological polar surface area (TPSA) is 82.7 Å². The van der Waals surface area contributed by atoms with E-state index < -0.39 is 5.54 Å². The van der Waals surface area contributed by atoms with Crippen LogP contribution in [0.4, 0.5) is 10.5 Å². The number of imidazole rings is 1. The van der Waals surface area contributed by atoms with Crippen molar-refractivity contribution in [2.75, 3.05) is 5.32 Å². The summed E-state index contributed by atoms with van der Waals surface area (Å²) < 4.78 is 0. The number of nitrogens with zero attached hydrogens (tertiary/aromatic N) is 2. The van der Waals surface area contributed by atoms with Gasteiger partial charge in [-0.2, -0.15) is 0 Å². The van der Waals surface area contributed by atoms with Gasteiger partial charge in [0.15, 0.2) is 5.82 Å². The Balaban J connectivity index is 1.50. The van der Waals surface area contributed by atoms with Crippen molar-refractivity contribution in [3.8, 4) is 11.5 Å². The van der Waals surface area contributed by atoms with E-state index in [1.54, 1.807) is 5.51 Å². The van der Waals surface area contributed by atoms with Gasteiger partial charge in [-0.05, 0) is 37.6 Å². The molecule has 0 radical (unpaired) electrons. The zero-order valence-electron chi connectivity index (χ0n) is 15.0. The zero-order valence-corrected chi connectivity index (χ0v) is 15.8. The molecular weight excluding hydrogens is 358 g/mol. The summed E-state index contributed by atoms with van der Waals surface area (Å²) in [5.74, 6) is 0.720. The van der Waals surface area contributed by atoms with E-state index >= 15 is 0 Å². The number of anilines is 1. The van der Waals surface area contributed by atoms with Crippen molar-refractivity contribution in [1.29, 1.82) is 0 Å². The average molecular weight is 377 g/mol. The van der Waals surface area contributed by atoms with Gasteiger partial charge in [0.25, 0.3) is 0 Å². The van der Waals surface area contributed by atoms with Gasteiger partial charge in [-0.3, -0.25) is 0 Å². The highest BCUT2D eigenvalue weighted by atomic mass is 32.1. The lowest BCUT2D eigenvalue weighted by Crippen LogP contribution is -2.43. The first-order chi connectivity index (χ1) is 13.0. The van der Waals surface area contributed by atoms with E-state index in [2.05, 4.69) is 25.6 Å². The van der Waals surface area contributed by atoms with Gasteiger partial charge in [0.05, 0.1) is 22.1 Å². The number of nitrogens with one attached hydrogen (secondary N) is 3. The third kappa shape index (κ3) is 3.68. The molecule has 4 aromatic rings. The molecule has 0 saturated heterocycles. The molecule has 4 rings (SSSR count). The van der Waals surface area contributed by atoms with E-state index in [4.69, 9.17) is 0 Å². The number of rotatable bonds is 4. The maximum atomic E-state index is 12.5. The number of aromatic nitrogens is 3. The van der Waals surface area contributed by atoms with Crippen LogP contribution in [0.3, 0.4) is 0 Å². The molecule has 136 valence electrons. The number of aromatic amines is 1. The smallest absolute Gasteiger partial charge is 0.319 e. The molecule has 0 aliphatic heterocycles. The Labute approximate surface area is 160 Å². The van der Waals surface area contributed by atoms with E-state index in [-0.39, 0.29) is 6.03 Å². The van der Waals surface area contributed by atoms with E-state index in [0.29, 0.717) is 5.69 Å². The number of benzene rings is 2. The molecule has 0 spiro atoms. The molecule has 6 nitrogen and oxygen atoms in total. The lowest BCUT2D eigenvalue weighted by atomic mass is 9.95.